The van der Waals surface area contributed by atoms with Crippen molar-refractivity contribution < 1.29 is 24.0 Å². The number of fused-ring (bicyclic) bond motifs is 1. The van der Waals surface area contributed by atoms with Gasteiger partial charge in [-0.25, -0.2) is 0 Å². The number of nitro groups is 1. The third-order valence-electron chi connectivity index (χ3n) is 6.69. The first-order valence-corrected chi connectivity index (χ1v) is 13.5. The molecule has 0 aromatic heterocycles. The summed E-state index contributed by atoms with van der Waals surface area (Å²) in [6, 6.07) is 12.2. The minimum atomic E-state index is -0.562. The van der Waals surface area contributed by atoms with Crippen molar-refractivity contribution >= 4 is 45.8 Å². The van der Waals surface area contributed by atoms with E-state index >= 15 is 0 Å². The predicted molar refractivity (Wildman–Crippen MR) is 147 cm³/mol. The van der Waals surface area contributed by atoms with Gasteiger partial charge in [0.1, 0.15) is 5.25 Å². The molecular formula is C26H28N6O6S. The van der Waals surface area contributed by atoms with Crippen LogP contribution in [0.1, 0.15) is 25.3 Å². The third kappa shape index (κ3) is 6.48. The maximum absolute atomic E-state index is 13.2. The molecule has 0 aliphatic carbocycles. The Morgan fingerprint density at radius 3 is 2.62 bits per heavy atom. The monoisotopic (exact) mass is 552 g/mol. The molecule has 2 aromatic rings. The summed E-state index contributed by atoms with van der Waals surface area (Å²) in [7, 11) is 0. The average Bonchev–Trinajstić information content (AvgIpc) is 3.42. The van der Waals surface area contributed by atoms with Crippen molar-refractivity contribution in [2.75, 3.05) is 37.9 Å². The van der Waals surface area contributed by atoms with Gasteiger partial charge < -0.3 is 24.6 Å². The molecule has 3 aliphatic heterocycles. The van der Waals surface area contributed by atoms with Gasteiger partial charge in [-0.15, -0.1) is 5.10 Å². The van der Waals surface area contributed by atoms with Crippen LogP contribution in [0, 0.1) is 10.1 Å². The van der Waals surface area contributed by atoms with E-state index in [0.29, 0.717) is 37.8 Å². The van der Waals surface area contributed by atoms with Gasteiger partial charge in [0.25, 0.3) is 5.69 Å². The Labute approximate surface area is 229 Å². The summed E-state index contributed by atoms with van der Waals surface area (Å²) in [5.41, 5.74) is 2.81. The second-order valence-corrected chi connectivity index (χ2v) is 10.6. The van der Waals surface area contributed by atoms with Crippen LogP contribution in [0.3, 0.4) is 0 Å². The molecule has 2 amide bonds. The van der Waals surface area contributed by atoms with E-state index in [-0.39, 0.29) is 30.7 Å². The number of hydrogen-bond acceptors (Lipinski definition) is 10. The first kappa shape index (κ1) is 26.5. The molecule has 0 saturated carbocycles. The number of nitro benzene ring substituents is 1. The Hall–Kier alpha value is -4.13. The molecule has 204 valence electrons. The third-order valence-corrected chi connectivity index (χ3v) is 7.75. The summed E-state index contributed by atoms with van der Waals surface area (Å²) in [6.45, 7) is 4.31. The number of carbonyl (C=O) groups is 2. The molecule has 1 N–H and O–H groups in total. The number of aryl methyl sites for hydroxylation is 1. The fourth-order valence-corrected chi connectivity index (χ4v) is 5.52. The van der Waals surface area contributed by atoms with Crippen molar-refractivity contribution in [1.82, 2.24) is 10.2 Å². The first-order valence-electron chi connectivity index (χ1n) is 12.6. The number of nitrogens with one attached hydrogen (secondary N) is 1. The van der Waals surface area contributed by atoms with Crippen LogP contribution in [0.25, 0.3) is 0 Å². The van der Waals surface area contributed by atoms with Crippen molar-refractivity contribution in [3.05, 3.63) is 58.1 Å². The van der Waals surface area contributed by atoms with Gasteiger partial charge in [-0.1, -0.05) is 17.8 Å². The summed E-state index contributed by atoms with van der Waals surface area (Å²) in [6.07, 6.45) is 1.51. The minimum absolute atomic E-state index is 0.0434. The van der Waals surface area contributed by atoms with Gasteiger partial charge in [0.2, 0.25) is 18.6 Å². The normalized spacial score (nSPS) is 20.2. The standard InChI is InChI=1S/C26H28N6O6S/c1-17(2-3-18-4-9-21-22(14-18)38-16-37-21)28-29-26-27-24(33)15-23(39-26)25(34)31-12-10-30(11-13-31)19-5-7-20(8-6-19)32(35)36/h4-9,14,23H,2-3,10-13,15-16H2,1H3,(H,27,29,33)/b28-17+. The van der Waals surface area contributed by atoms with E-state index in [1.165, 1.54) is 23.9 Å². The van der Waals surface area contributed by atoms with Crippen LogP contribution in [0.15, 0.2) is 52.7 Å². The van der Waals surface area contributed by atoms with Crippen LogP contribution >= 0.6 is 11.8 Å². The number of rotatable bonds is 7. The van der Waals surface area contributed by atoms with E-state index in [4.69, 9.17) is 9.47 Å². The Balaban J connectivity index is 1.13. The molecule has 0 bridgehead atoms. The number of hydrogen-bond donors (Lipinski definition) is 1. The molecule has 1 unspecified atom stereocenters. The highest BCUT2D eigenvalue weighted by Gasteiger charge is 2.34. The number of anilines is 1. The number of benzene rings is 2. The summed E-state index contributed by atoms with van der Waals surface area (Å²) < 4.78 is 10.8. The van der Waals surface area contributed by atoms with Gasteiger partial charge in [0.15, 0.2) is 16.7 Å². The van der Waals surface area contributed by atoms with Crippen molar-refractivity contribution in [2.24, 2.45) is 10.2 Å². The van der Waals surface area contributed by atoms with Gasteiger partial charge in [-0.3, -0.25) is 19.7 Å². The molecule has 13 heteroatoms. The Bertz CT molecular complexity index is 1320. The lowest BCUT2D eigenvalue weighted by Crippen LogP contribution is -2.53. The Kier molecular flexibility index (Phi) is 7.96. The molecule has 12 nitrogen and oxygen atoms in total. The molecule has 2 saturated heterocycles. The highest BCUT2D eigenvalue weighted by Crippen LogP contribution is 2.33. The lowest BCUT2D eigenvalue weighted by Gasteiger charge is -2.37. The summed E-state index contributed by atoms with van der Waals surface area (Å²) >= 11 is 1.22. The molecule has 2 fully saturated rings. The lowest BCUT2D eigenvalue weighted by atomic mass is 10.1. The molecule has 3 aliphatic rings. The number of piperazine rings is 1. The number of nitrogens with zero attached hydrogens (tertiary/aromatic N) is 5. The van der Waals surface area contributed by atoms with Crippen molar-refractivity contribution in [1.29, 1.82) is 0 Å². The molecule has 3 heterocycles. The minimum Gasteiger partial charge on any atom is -0.454 e. The fourth-order valence-electron chi connectivity index (χ4n) is 4.51. The van der Waals surface area contributed by atoms with Crippen LogP contribution in [-0.2, 0) is 16.0 Å². The Morgan fingerprint density at radius 1 is 1.13 bits per heavy atom. The molecule has 0 radical (unpaired) electrons. The van der Waals surface area contributed by atoms with Gasteiger partial charge in [-0.2, -0.15) is 5.10 Å². The SMILES string of the molecule is C/C(CCc1ccc2c(c1)OCO2)=N\N=C1/NC(=O)CC(C(=O)N2CCN(c3ccc([N+](=O)[O-])cc3)CC2)S1. The number of carbonyl (C=O) groups excluding carboxylic acids is 2. The summed E-state index contributed by atoms with van der Waals surface area (Å²) in [5.74, 6) is 1.13. The maximum Gasteiger partial charge on any atom is 0.269 e. The Morgan fingerprint density at radius 2 is 1.87 bits per heavy atom. The van der Waals surface area contributed by atoms with E-state index < -0.39 is 10.2 Å². The second-order valence-electron chi connectivity index (χ2n) is 9.37. The van der Waals surface area contributed by atoms with Crippen LogP contribution in [0.2, 0.25) is 0 Å². The molecule has 5 rings (SSSR count). The van der Waals surface area contributed by atoms with Crippen molar-refractivity contribution in [3.8, 4) is 11.5 Å². The zero-order valence-corrected chi connectivity index (χ0v) is 22.2. The summed E-state index contributed by atoms with van der Waals surface area (Å²) in [4.78, 5) is 39.8. The number of ether oxygens (including phenoxy) is 2. The topological polar surface area (TPSA) is 139 Å². The van der Waals surface area contributed by atoms with Gasteiger partial charge in [-0.05, 0) is 49.6 Å². The zero-order valence-electron chi connectivity index (χ0n) is 21.4. The van der Waals surface area contributed by atoms with Gasteiger partial charge >= 0.3 is 0 Å². The van der Waals surface area contributed by atoms with Crippen molar-refractivity contribution in [3.63, 3.8) is 0 Å². The lowest BCUT2D eigenvalue weighted by molar-refractivity contribution is -0.384. The average molecular weight is 553 g/mol. The number of non-ortho nitro benzene ring substituents is 1. The fraction of sp³-hybridized carbons (Fsp3) is 0.385. The number of amidine groups is 1. The van der Waals surface area contributed by atoms with Crippen LogP contribution in [0.5, 0.6) is 11.5 Å². The van der Waals surface area contributed by atoms with E-state index in [1.807, 2.05) is 25.1 Å². The van der Waals surface area contributed by atoms with E-state index in [1.54, 1.807) is 17.0 Å². The van der Waals surface area contributed by atoms with Gasteiger partial charge in [0, 0.05) is 56.1 Å². The molecule has 0 spiro atoms. The number of thioether (sulfide) groups is 1. The van der Waals surface area contributed by atoms with E-state index in [0.717, 1.165) is 34.9 Å². The van der Waals surface area contributed by atoms with Gasteiger partial charge in [0.05, 0.1) is 4.92 Å². The summed E-state index contributed by atoms with van der Waals surface area (Å²) in [5, 5.41) is 21.8. The first-order chi connectivity index (χ1) is 18.9. The molecule has 2 aromatic carbocycles. The highest BCUT2D eigenvalue weighted by atomic mass is 32.2. The smallest absolute Gasteiger partial charge is 0.269 e. The van der Waals surface area contributed by atoms with Crippen molar-refractivity contribution in [2.45, 2.75) is 31.4 Å². The van der Waals surface area contributed by atoms with Crippen LogP contribution in [0.4, 0.5) is 11.4 Å². The second kappa shape index (κ2) is 11.7. The molecule has 1 atom stereocenters. The zero-order chi connectivity index (χ0) is 27.4. The predicted octanol–water partition coefficient (Wildman–Crippen LogP) is 2.96. The molecular weight excluding hydrogens is 524 g/mol. The maximum atomic E-state index is 13.2. The van der Waals surface area contributed by atoms with E-state index in [2.05, 4.69) is 20.4 Å². The van der Waals surface area contributed by atoms with Crippen LogP contribution < -0.4 is 19.7 Å². The quantitative estimate of drug-likeness (QED) is 0.314. The highest BCUT2D eigenvalue weighted by molar-refractivity contribution is 8.15. The largest absolute Gasteiger partial charge is 0.454 e. The molecule has 39 heavy (non-hydrogen) atoms. The van der Waals surface area contributed by atoms with E-state index in [9.17, 15) is 19.7 Å². The number of amides is 2. The van der Waals surface area contributed by atoms with Crippen LogP contribution in [-0.4, -0.2) is 70.7 Å².